The Hall–Kier alpha value is -2.49. The zero-order valence-electron chi connectivity index (χ0n) is 15.7. The standard InChI is InChI=1S/C20H18F5N3OS/c21-13-3-6-17(28-7-1-2-8-28)12(9-13)11-30-19-26-15-5-4-14(10-16(15)27-19)29-20(24,25)18(22)23/h3-6,9-10,18H,1-2,7-8,11H2,(H,26,27). The van der Waals surface area contributed by atoms with Gasteiger partial charge in [0.1, 0.15) is 11.6 Å². The van der Waals surface area contributed by atoms with Crippen LogP contribution in [0.2, 0.25) is 0 Å². The van der Waals surface area contributed by atoms with Crippen molar-refractivity contribution in [2.45, 2.75) is 36.3 Å². The second kappa shape index (κ2) is 8.33. The minimum Gasteiger partial charge on any atom is -0.428 e. The summed E-state index contributed by atoms with van der Waals surface area (Å²) in [5, 5.41) is 0.499. The molecule has 2 aromatic carbocycles. The summed E-state index contributed by atoms with van der Waals surface area (Å²) in [5.41, 5.74) is 2.67. The molecule has 0 aliphatic carbocycles. The van der Waals surface area contributed by atoms with Gasteiger partial charge in [0.05, 0.1) is 11.0 Å². The molecule has 0 atom stereocenters. The molecule has 1 fully saturated rings. The van der Waals surface area contributed by atoms with E-state index in [1.54, 1.807) is 6.07 Å². The number of nitrogens with zero attached hydrogens (tertiary/aromatic N) is 2. The van der Waals surface area contributed by atoms with Gasteiger partial charge in [0.25, 0.3) is 0 Å². The molecule has 0 unspecified atom stereocenters. The monoisotopic (exact) mass is 443 g/mol. The van der Waals surface area contributed by atoms with Crippen molar-refractivity contribution in [2.24, 2.45) is 0 Å². The normalized spacial score (nSPS) is 14.8. The van der Waals surface area contributed by atoms with Crippen LogP contribution in [-0.2, 0) is 5.75 Å². The maximum Gasteiger partial charge on any atom is 0.461 e. The first-order valence-electron chi connectivity index (χ1n) is 9.33. The van der Waals surface area contributed by atoms with Gasteiger partial charge < -0.3 is 14.6 Å². The van der Waals surface area contributed by atoms with Crippen LogP contribution in [0.15, 0.2) is 41.6 Å². The van der Waals surface area contributed by atoms with Crippen LogP contribution in [0.4, 0.5) is 27.6 Å². The molecular weight excluding hydrogens is 425 g/mol. The van der Waals surface area contributed by atoms with Gasteiger partial charge in [-0.05, 0) is 48.7 Å². The number of imidazole rings is 1. The van der Waals surface area contributed by atoms with Gasteiger partial charge in [0.15, 0.2) is 5.16 Å². The Morgan fingerprint density at radius 2 is 1.90 bits per heavy atom. The number of halogens is 5. The fourth-order valence-corrected chi connectivity index (χ4v) is 4.25. The van der Waals surface area contributed by atoms with Crippen LogP contribution in [0.3, 0.4) is 0 Å². The van der Waals surface area contributed by atoms with E-state index in [1.807, 2.05) is 0 Å². The molecule has 1 saturated heterocycles. The Balaban J connectivity index is 1.50. The summed E-state index contributed by atoms with van der Waals surface area (Å²) in [6, 6.07) is 8.50. The summed E-state index contributed by atoms with van der Waals surface area (Å²) in [5.74, 6) is -0.270. The van der Waals surface area contributed by atoms with Gasteiger partial charge in [-0.15, -0.1) is 0 Å². The highest BCUT2D eigenvalue weighted by molar-refractivity contribution is 7.98. The maximum atomic E-state index is 13.8. The highest BCUT2D eigenvalue weighted by atomic mass is 32.2. The minimum absolute atomic E-state index is 0.305. The lowest BCUT2D eigenvalue weighted by atomic mass is 10.2. The number of thioether (sulfide) groups is 1. The van der Waals surface area contributed by atoms with E-state index in [2.05, 4.69) is 19.6 Å². The average Bonchev–Trinajstić information content (AvgIpc) is 3.35. The van der Waals surface area contributed by atoms with Crippen molar-refractivity contribution in [2.75, 3.05) is 18.0 Å². The molecule has 0 saturated carbocycles. The Bertz CT molecular complexity index is 1040. The Labute approximate surface area is 173 Å². The van der Waals surface area contributed by atoms with E-state index in [0.29, 0.717) is 21.9 Å². The summed E-state index contributed by atoms with van der Waals surface area (Å²) < 4.78 is 68.7. The number of H-pyrrole nitrogens is 1. The van der Waals surface area contributed by atoms with Crippen molar-refractivity contribution >= 4 is 28.5 Å². The zero-order valence-corrected chi connectivity index (χ0v) is 16.5. The van der Waals surface area contributed by atoms with E-state index in [0.717, 1.165) is 37.2 Å². The van der Waals surface area contributed by atoms with E-state index in [4.69, 9.17) is 0 Å². The summed E-state index contributed by atoms with van der Waals surface area (Å²) in [7, 11) is 0. The lowest BCUT2D eigenvalue weighted by molar-refractivity contribution is -0.253. The van der Waals surface area contributed by atoms with Crippen LogP contribution >= 0.6 is 11.8 Å². The molecule has 4 rings (SSSR count). The van der Waals surface area contributed by atoms with E-state index in [1.165, 1.54) is 42.1 Å². The predicted octanol–water partition coefficient (Wildman–Crippen LogP) is 5.83. The van der Waals surface area contributed by atoms with Gasteiger partial charge >= 0.3 is 12.5 Å². The summed E-state index contributed by atoms with van der Waals surface area (Å²) in [4.78, 5) is 9.56. The number of aromatic amines is 1. The molecule has 3 aromatic rings. The average molecular weight is 443 g/mol. The number of rotatable bonds is 7. The highest BCUT2D eigenvalue weighted by Crippen LogP contribution is 2.33. The van der Waals surface area contributed by atoms with Gasteiger partial charge in [-0.1, -0.05) is 11.8 Å². The minimum atomic E-state index is -4.58. The van der Waals surface area contributed by atoms with Crippen molar-refractivity contribution in [3.05, 3.63) is 47.8 Å². The van der Waals surface area contributed by atoms with Gasteiger partial charge in [0.2, 0.25) is 0 Å². The fourth-order valence-electron chi connectivity index (χ4n) is 3.38. The Kier molecular flexibility index (Phi) is 5.77. The third kappa shape index (κ3) is 4.48. The van der Waals surface area contributed by atoms with E-state index in [-0.39, 0.29) is 5.82 Å². The molecule has 4 nitrogen and oxygen atoms in total. The number of ether oxygens (including phenoxy) is 1. The summed E-state index contributed by atoms with van der Waals surface area (Å²) in [6.07, 6.45) is -6.31. The lowest BCUT2D eigenvalue weighted by Gasteiger charge is -2.21. The van der Waals surface area contributed by atoms with Crippen molar-refractivity contribution in [3.8, 4) is 5.75 Å². The Morgan fingerprint density at radius 3 is 2.63 bits per heavy atom. The first kappa shape index (κ1) is 20.8. The zero-order chi connectivity index (χ0) is 21.3. The molecule has 160 valence electrons. The van der Waals surface area contributed by atoms with Gasteiger partial charge in [0, 0.05) is 30.6 Å². The molecule has 0 amide bonds. The number of hydrogen-bond acceptors (Lipinski definition) is 4. The van der Waals surface area contributed by atoms with Gasteiger partial charge in [-0.2, -0.15) is 17.6 Å². The SMILES string of the molecule is Fc1ccc(N2CCCC2)c(CSc2nc3cc(OC(F)(F)C(F)F)ccc3[nH]2)c1. The maximum absolute atomic E-state index is 13.8. The first-order chi connectivity index (χ1) is 14.3. The van der Waals surface area contributed by atoms with Crippen molar-refractivity contribution in [1.29, 1.82) is 0 Å². The van der Waals surface area contributed by atoms with Crippen LogP contribution in [-0.4, -0.2) is 35.6 Å². The molecule has 10 heteroatoms. The molecule has 1 aliphatic rings. The van der Waals surface area contributed by atoms with Gasteiger partial charge in [-0.25, -0.2) is 9.37 Å². The molecule has 2 heterocycles. The number of anilines is 1. The Morgan fingerprint density at radius 1 is 1.13 bits per heavy atom. The predicted molar refractivity (Wildman–Crippen MR) is 105 cm³/mol. The number of nitrogens with one attached hydrogen (secondary N) is 1. The van der Waals surface area contributed by atoms with Crippen molar-refractivity contribution < 1.29 is 26.7 Å². The second-order valence-electron chi connectivity index (χ2n) is 6.94. The molecule has 0 spiro atoms. The molecule has 1 N–H and O–H groups in total. The van der Waals surface area contributed by atoms with Crippen molar-refractivity contribution in [3.63, 3.8) is 0 Å². The van der Waals surface area contributed by atoms with Crippen LogP contribution in [0.25, 0.3) is 11.0 Å². The van der Waals surface area contributed by atoms with Crippen molar-refractivity contribution in [1.82, 2.24) is 9.97 Å². The fraction of sp³-hybridized carbons (Fsp3) is 0.350. The second-order valence-corrected chi connectivity index (χ2v) is 7.91. The smallest absolute Gasteiger partial charge is 0.428 e. The van der Waals surface area contributed by atoms with E-state index >= 15 is 0 Å². The molecule has 1 aliphatic heterocycles. The van der Waals surface area contributed by atoms with Crippen LogP contribution in [0, 0.1) is 5.82 Å². The lowest BCUT2D eigenvalue weighted by Crippen LogP contribution is -2.33. The number of benzene rings is 2. The third-order valence-electron chi connectivity index (χ3n) is 4.79. The highest BCUT2D eigenvalue weighted by Gasteiger charge is 2.44. The summed E-state index contributed by atoms with van der Waals surface area (Å²) in [6.45, 7) is 1.86. The van der Waals surface area contributed by atoms with Gasteiger partial charge in [-0.3, -0.25) is 0 Å². The molecule has 30 heavy (non-hydrogen) atoms. The first-order valence-corrected chi connectivity index (χ1v) is 10.3. The van der Waals surface area contributed by atoms with Crippen LogP contribution in [0.1, 0.15) is 18.4 Å². The molecule has 0 radical (unpaired) electrons. The quantitative estimate of drug-likeness (QED) is 0.368. The summed E-state index contributed by atoms with van der Waals surface area (Å²) >= 11 is 1.34. The number of hydrogen-bond donors (Lipinski definition) is 1. The molecular formula is C20H18F5N3OS. The molecule has 0 bridgehead atoms. The third-order valence-corrected chi connectivity index (χ3v) is 5.72. The number of aromatic nitrogens is 2. The van der Waals surface area contributed by atoms with E-state index < -0.39 is 18.3 Å². The largest absolute Gasteiger partial charge is 0.461 e. The number of alkyl halides is 4. The van der Waals surface area contributed by atoms with E-state index in [9.17, 15) is 22.0 Å². The number of fused-ring (bicyclic) bond motifs is 1. The van der Waals surface area contributed by atoms with Crippen LogP contribution < -0.4 is 9.64 Å². The topological polar surface area (TPSA) is 41.2 Å². The van der Waals surface area contributed by atoms with Crippen LogP contribution in [0.5, 0.6) is 5.75 Å². The molecule has 1 aromatic heterocycles.